The Balaban J connectivity index is 2.22. The third-order valence-corrected chi connectivity index (χ3v) is 2.33. The van der Waals surface area contributed by atoms with Crippen LogP contribution in [0.15, 0.2) is 48.7 Å². The number of hydrogen-bond donors (Lipinski definition) is 2. The molecule has 2 rings (SSSR count). The molecule has 0 saturated carbocycles. The summed E-state index contributed by atoms with van der Waals surface area (Å²) in [4.78, 5) is 4.56. The van der Waals surface area contributed by atoms with Gasteiger partial charge < -0.3 is 11.1 Å². The minimum absolute atomic E-state index is 0.374. The van der Waals surface area contributed by atoms with E-state index in [2.05, 4.69) is 10.3 Å². The van der Waals surface area contributed by atoms with Crippen molar-refractivity contribution in [3.8, 4) is 0 Å². The topological polar surface area (TPSA) is 50.9 Å². The summed E-state index contributed by atoms with van der Waals surface area (Å²) in [7, 11) is 0. The molecule has 0 spiro atoms. The van der Waals surface area contributed by atoms with Crippen molar-refractivity contribution < 1.29 is 0 Å². The fourth-order valence-electron chi connectivity index (χ4n) is 1.32. The lowest BCUT2D eigenvalue weighted by atomic mass is 10.2. The predicted octanol–water partition coefficient (Wildman–Crippen LogP) is 2.46. The van der Waals surface area contributed by atoms with Crippen molar-refractivity contribution in [3.05, 3.63) is 54.2 Å². The van der Waals surface area contributed by atoms with Gasteiger partial charge in [0, 0.05) is 17.4 Å². The monoisotopic (exact) mass is 229 g/mol. The quantitative estimate of drug-likeness (QED) is 0.794. The molecule has 3 N–H and O–H groups in total. The lowest BCUT2D eigenvalue weighted by Crippen LogP contribution is -2.09. The maximum Gasteiger partial charge on any atom is 0.130 e. The van der Waals surface area contributed by atoms with Gasteiger partial charge in [-0.05, 0) is 24.3 Å². The summed E-state index contributed by atoms with van der Waals surface area (Å²) in [6.45, 7) is 0. The van der Waals surface area contributed by atoms with Crippen LogP contribution in [0.3, 0.4) is 0 Å². The lowest BCUT2D eigenvalue weighted by Gasteiger charge is -2.06. The molecular weight excluding hydrogens is 218 g/mol. The van der Waals surface area contributed by atoms with Crippen LogP contribution in [-0.2, 0) is 0 Å². The first kappa shape index (κ1) is 10.6. The average Bonchev–Trinajstić information content (AvgIpc) is 2.30. The molecular formula is C12H11N3S. The molecule has 0 bridgehead atoms. The predicted molar refractivity (Wildman–Crippen MR) is 69.8 cm³/mol. The van der Waals surface area contributed by atoms with Crippen molar-refractivity contribution in [1.82, 2.24) is 4.98 Å². The summed E-state index contributed by atoms with van der Waals surface area (Å²) in [6.07, 6.45) is 1.68. The van der Waals surface area contributed by atoms with E-state index < -0.39 is 0 Å². The van der Waals surface area contributed by atoms with Crippen molar-refractivity contribution in [2.75, 3.05) is 5.32 Å². The number of anilines is 2. The minimum Gasteiger partial charge on any atom is -0.389 e. The molecule has 0 aliphatic rings. The smallest absolute Gasteiger partial charge is 0.130 e. The minimum atomic E-state index is 0.374. The Morgan fingerprint density at radius 3 is 2.62 bits per heavy atom. The van der Waals surface area contributed by atoms with E-state index in [9.17, 15) is 0 Å². The van der Waals surface area contributed by atoms with Gasteiger partial charge in [-0.15, -0.1) is 0 Å². The summed E-state index contributed by atoms with van der Waals surface area (Å²) >= 11 is 4.91. The van der Waals surface area contributed by atoms with Crippen molar-refractivity contribution in [2.45, 2.75) is 0 Å². The summed E-state index contributed by atoms with van der Waals surface area (Å²) in [5, 5.41) is 3.17. The largest absolute Gasteiger partial charge is 0.389 e. The lowest BCUT2D eigenvalue weighted by molar-refractivity contribution is 1.30. The second kappa shape index (κ2) is 4.72. The number of pyridine rings is 1. The van der Waals surface area contributed by atoms with Crippen molar-refractivity contribution in [1.29, 1.82) is 0 Å². The van der Waals surface area contributed by atoms with Crippen LogP contribution in [0.5, 0.6) is 0 Å². The van der Waals surface area contributed by atoms with E-state index in [1.807, 2.05) is 36.4 Å². The Hall–Kier alpha value is -1.94. The number of nitrogens with one attached hydrogen (secondary N) is 1. The molecule has 1 heterocycles. The van der Waals surface area contributed by atoms with Crippen LogP contribution >= 0.6 is 12.2 Å². The Morgan fingerprint density at radius 1 is 1.19 bits per heavy atom. The molecule has 3 nitrogen and oxygen atoms in total. The molecule has 2 aromatic rings. The van der Waals surface area contributed by atoms with E-state index in [4.69, 9.17) is 18.0 Å². The molecule has 1 aromatic carbocycles. The molecule has 0 atom stereocenters. The number of thiocarbonyl (C=S) groups is 1. The van der Waals surface area contributed by atoms with Gasteiger partial charge in [0.15, 0.2) is 0 Å². The Labute approximate surface area is 99.3 Å². The van der Waals surface area contributed by atoms with Gasteiger partial charge in [-0.25, -0.2) is 4.98 Å². The molecule has 0 radical (unpaired) electrons. The van der Waals surface area contributed by atoms with Crippen molar-refractivity contribution in [2.24, 2.45) is 5.73 Å². The number of nitrogens with two attached hydrogens (primary N) is 1. The van der Waals surface area contributed by atoms with Gasteiger partial charge in [0.1, 0.15) is 10.8 Å². The third-order valence-electron chi connectivity index (χ3n) is 2.09. The highest BCUT2D eigenvalue weighted by Gasteiger charge is 1.99. The molecule has 0 aliphatic carbocycles. The SMILES string of the molecule is NC(=S)c1ccnc(Nc2ccccc2)c1. The summed E-state index contributed by atoms with van der Waals surface area (Å²) in [5.41, 5.74) is 7.34. The molecule has 0 aliphatic heterocycles. The van der Waals surface area contributed by atoms with E-state index >= 15 is 0 Å². The summed E-state index contributed by atoms with van der Waals surface area (Å²) in [5.74, 6) is 0.733. The second-order valence-electron chi connectivity index (χ2n) is 3.29. The Bertz CT molecular complexity index is 497. The zero-order valence-electron chi connectivity index (χ0n) is 8.55. The first-order valence-corrected chi connectivity index (χ1v) is 5.24. The molecule has 80 valence electrons. The molecule has 1 aromatic heterocycles. The molecule has 0 unspecified atom stereocenters. The Morgan fingerprint density at radius 2 is 1.94 bits per heavy atom. The highest BCUT2D eigenvalue weighted by Crippen LogP contribution is 2.14. The number of aromatic nitrogens is 1. The van der Waals surface area contributed by atoms with E-state index in [-0.39, 0.29) is 0 Å². The van der Waals surface area contributed by atoms with E-state index in [0.717, 1.165) is 17.1 Å². The zero-order chi connectivity index (χ0) is 11.4. The van der Waals surface area contributed by atoms with E-state index in [1.165, 1.54) is 0 Å². The van der Waals surface area contributed by atoms with Crippen LogP contribution in [0.2, 0.25) is 0 Å². The first-order valence-electron chi connectivity index (χ1n) is 4.83. The van der Waals surface area contributed by atoms with Crippen molar-refractivity contribution >= 4 is 28.7 Å². The fourth-order valence-corrected chi connectivity index (χ4v) is 1.45. The van der Waals surface area contributed by atoms with Gasteiger partial charge in [0.25, 0.3) is 0 Å². The van der Waals surface area contributed by atoms with Gasteiger partial charge in [-0.3, -0.25) is 0 Å². The van der Waals surface area contributed by atoms with Gasteiger partial charge in [-0.1, -0.05) is 30.4 Å². The van der Waals surface area contributed by atoms with Crippen LogP contribution in [0.4, 0.5) is 11.5 Å². The first-order chi connectivity index (χ1) is 7.75. The van der Waals surface area contributed by atoms with E-state index in [1.54, 1.807) is 12.3 Å². The van der Waals surface area contributed by atoms with Crippen LogP contribution in [0, 0.1) is 0 Å². The van der Waals surface area contributed by atoms with Gasteiger partial charge in [0.05, 0.1) is 0 Å². The molecule has 0 saturated heterocycles. The highest BCUT2D eigenvalue weighted by atomic mass is 32.1. The van der Waals surface area contributed by atoms with Crippen LogP contribution in [-0.4, -0.2) is 9.97 Å². The summed E-state index contributed by atoms with van der Waals surface area (Å²) < 4.78 is 0. The van der Waals surface area contributed by atoms with Gasteiger partial charge in [-0.2, -0.15) is 0 Å². The molecule has 16 heavy (non-hydrogen) atoms. The van der Waals surface area contributed by atoms with Crippen LogP contribution < -0.4 is 11.1 Å². The number of hydrogen-bond acceptors (Lipinski definition) is 3. The van der Waals surface area contributed by atoms with Gasteiger partial charge >= 0.3 is 0 Å². The Kier molecular flexibility index (Phi) is 3.12. The molecule has 0 fully saturated rings. The average molecular weight is 229 g/mol. The maximum atomic E-state index is 5.55. The standard InChI is InChI=1S/C12H11N3S/c13-12(16)9-6-7-14-11(8-9)15-10-4-2-1-3-5-10/h1-8H,(H2,13,16)(H,14,15). The highest BCUT2D eigenvalue weighted by molar-refractivity contribution is 7.80. The number of para-hydroxylation sites is 1. The van der Waals surface area contributed by atoms with Crippen LogP contribution in [0.25, 0.3) is 0 Å². The zero-order valence-corrected chi connectivity index (χ0v) is 9.37. The maximum absolute atomic E-state index is 5.55. The van der Waals surface area contributed by atoms with Crippen molar-refractivity contribution in [3.63, 3.8) is 0 Å². The molecule has 0 amide bonds. The number of rotatable bonds is 3. The molecule has 4 heteroatoms. The number of nitrogens with zero attached hydrogens (tertiary/aromatic N) is 1. The summed E-state index contributed by atoms with van der Waals surface area (Å²) in [6, 6.07) is 13.4. The van der Waals surface area contributed by atoms with E-state index in [0.29, 0.717) is 4.99 Å². The second-order valence-corrected chi connectivity index (χ2v) is 3.72. The number of benzene rings is 1. The van der Waals surface area contributed by atoms with Gasteiger partial charge in [0.2, 0.25) is 0 Å². The third kappa shape index (κ3) is 2.55. The fraction of sp³-hybridized carbons (Fsp3) is 0. The van der Waals surface area contributed by atoms with Crippen LogP contribution in [0.1, 0.15) is 5.56 Å². The normalized spacial score (nSPS) is 9.75.